The van der Waals surface area contributed by atoms with Gasteiger partial charge >= 0.3 is 0 Å². The van der Waals surface area contributed by atoms with E-state index < -0.39 is 0 Å². The molecule has 0 bridgehead atoms. The summed E-state index contributed by atoms with van der Waals surface area (Å²) in [5.74, 6) is 0.527. The number of unbranched alkanes of at least 4 members (excludes halogenated alkanes) is 1. The standard InChI is InChI=1S/C15H29NO2/c1-4-5-6-14(13(2)3)16-9-7-15(8-10-16)17-11-12-18-15/h13-14H,4-12H2,1-3H3. The van der Waals surface area contributed by atoms with Crippen molar-refractivity contribution in [1.29, 1.82) is 0 Å². The molecule has 1 spiro atoms. The highest BCUT2D eigenvalue weighted by atomic mass is 16.7. The van der Waals surface area contributed by atoms with Crippen LogP contribution in [0.25, 0.3) is 0 Å². The van der Waals surface area contributed by atoms with Crippen LogP contribution >= 0.6 is 0 Å². The molecule has 3 nitrogen and oxygen atoms in total. The van der Waals surface area contributed by atoms with Crippen LogP contribution in [0, 0.1) is 5.92 Å². The first-order chi connectivity index (χ1) is 8.67. The maximum atomic E-state index is 5.80. The van der Waals surface area contributed by atoms with Crippen molar-refractivity contribution in [2.45, 2.75) is 64.7 Å². The van der Waals surface area contributed by atoms with E-state index >= 15 is 0 Å². The Labute approximate surface area is 112 Å². The highest BCUT2D eigenvalue weighted by molar-refractivity contribution is 4.86. The number of ether oxygens (including phenoxy) is 2. The molecule has 2 fully saturated rings. The highest BCUT2D eigenvalue weighted by Gasteiger charge is 2.41. The Morgan fingerprint density at radius 1 is 1.11 bits per heavy atom. The van der Waals surface area contributed by atoms with Gasteiger partial charge in [-0.15, -0.1) is 0 Å². The lowest BCUT2D eigenvalue weighted by atomic mass is 9.93. The van der Waals surface area contributed by atoms with Crippen LogP contribution in [0.2, 0.25) is 0 Å². The Kier molecular flexibility index (Phi) is 5.05. The van der Waals surface area contributed by atoms with Crippen LogP contribution in [0.15, 0.2) is 0 Å². The average molecular weight is 255 g/mol. The number of piperidine rings is 1. The van der Waals surface area contributed by atoms with Crippen LogP contribution in [0.5, 0.6) is 0 Å². The summed E-state index contributed by atoms with van der Waals surface area (Å²) in [6.45, 7) is 10.8. The Hall–Kier alpha value is -0.120. The van der Waals surface area contributed by atoms with Crippen molar-refractivity contribution in [2.75, 3.05) is 26.3 Å². The van der Waals surface area contributed by atoms with Crippen molar-refractivity contribution >= 4 is 0 Å². The van der Waals surface area contributed by atoms with Crippen LogP contribution < -0.4 is 0 Å². The molecule has 18 heavy (non-hydrogen) atoms. The van der Waals surface area contributed by atoms with E-state index in [1.807, 2.05) is 0 Å². The summed E-state index contributed by atoms with van der Waals surface area (Å²) in [4.78, 5) is 2.66. The number of nitrogens with zero attached hydrogens (tertiary/aromatic N) is 1. The minimum absolute atomic E-state index is 0.219. The predicted molar refractivity (Wildman–Crippen MR) is 73.6 cm³/mol. The van der Waals surface area contributed by atoms with Crippen LogP contribution in [0.1, 0.15) is 52.9 Å². The van der Waals surface area contributed by atoms with E-state index in [0.717, 1.165) is 51.1 Å². The van der Waals surface area contributed by atoms with Crippen molar-refractivity contribution in [1.82, 2.24) is 4.90 Å². The number of hydrogen-bond acceptors (Lipinski definition) is 3. The second kappa shape index (κ2) is 6.36. The molecule has 1 unspecified atom stereocenters. The van der Waals surface area contributed by atoms with Crippen molar-refractivity contribution in [2.24, 2.45) is 5.92 Å². The van der Waals surface area contributed by atoms with E-state index in [1.165, 1.54) is 19.3 Å². The first-order valence-corrected chi connectivity index (χ1v) is 7.69. The molecule has 2 saturated heterocycles. The van der Waals surface area contributed by atoms with Crippen molar-refractivity contribution in [3.63, 3.8) is 0 Å². The fourth-order valence-corrected chi connectivity index (χ4v) is 3.33. The summed E-state index contributed by atoms with van der Waals surface area (Å²) < 4.78 is 11.6. The van der Waals surface area contributed by atoms with Crippen LogP contribution in [-0.2, 0) is 9.47 Å². The van der Waals surface area contributed by atoms with Crippen LogP contribution in [0.3, 0.4) is 0 Å². The molecular formula is C15H29NO2. The molecule has 2 aliphatic heterocycles. The van der Waals surface area contributed by atoms with E-state index in [2.05, 4.69) is 25.7 Å². The lowest BCUT2D eigenvalue weighted by molar-refractivity contribution is -0.189. The lowest BCUT2D eigenvalue weighted by Gasteiger charge is -2.42. The van der Waals surface area contributed by atoms with Crippen LogP contribution in [-0.4, -0.2) is 43.0 Å². The molecule has 2 heterocycles. The zero-order valence-electron chi connectivity index (χ0n) is 12.3. The molecule has 106 valence electrons. The summed E-state index contributed by atoms with van der Waals surface area (Å²) in [6, 6.07) is 0.740. The van der Waals surface area contributed by atoms with Gasteiger partial charge in [-0.1, -0.05) is 33.6 Å². The monoisotopic (exact) mass is 255 g/mol. The molecule has 0 saturated carbocycles. The third kappa shape index (κ3) is 3.25. The molecular weight excluding hydrogens is 226 g/mol. The van der Waals surface area contributed by atoms with Gasteiger partial charge in [0.1, 0.15) is 0 Å². The SMILES string of the molecule is CCCCC(C(C)C)N1CCC2(CC1)OCCO2. The number of rotatable bonds is 5. The van der Waals surface area contributed by atoms with Gasteiger partial charge in [-0.3, -0.25) is 4.90 Å². The van der Waals surface area contributed by atoms with Gasteiger partial charge in [0.25, 0.3) is 0 Å². The molecule has 0 aliphatic carbocycles. The third-order valence-corrected chi connectivity index (χ3v) is 4.47. The molecule has 2 rings (SSSR count). The quantitative estimate of drug-likeness (QED) is 0.753. The zero-order chi connectivity index (χ0) is 13.0. The molecule has 0 aromatic rings. The third-order valence-electron chi connectivity index (χ3n) is 4.47. The molecule has 0 N–H and O–H groups in total. The first kappa shape index (κ1) is 14.3. The van der Waals surface area contributed by atoms with Gasteiger partial charge in [-0.2, -0.15) is 0 Å². The average Bonchev–Trinajstić information content (AvgIpc) is 2.80. The van der Waals surface area contributed by atoms with E-state index in [0.29, 0.717) is 0 Å². The first-order valence-electron chi connectivity index (χ1n) is 7.69. The fourth-order valence-electron chi connectivity index (χ4n) is 3.33. The normalized spacial score (nSPS) is 26.0. The largest absolute Gasteiger partial charge is 0.347 e. The fraction of sp³-hybridized carbons (Fsp3) is 1.00. The predicted octanol–water partition coefficient (Wildman–Crippen LogP) is 3.04. The summed E-state index contributed by atoms with van der Waals surface area (Å²) in [5.41, 5.74) is 0. The second-order valence-electron chi connectivity index (χ2n) is 6.10. The molecule has 2 aliphatic rings. The van der Waals surface area contributed by atoms with Crippen molar-refractivity contribution in [3.05, 3.63) is 0 Å². The smallest absolute Gasteiger partial charge is 0.170 e. The number of likely N-dealkylation sites (tertiary alicyclic amines) is 1. The van der Waals surface area contributed by atoms with Crippen molar-refractivity contribution in [3.8, 4) is 0 Å². The van der Waals surface area contributed by atoms with E-state index in [9.17, 15) is 0 Å². The highest BCUT2D eigenvalue weighted by Crippen LogP contribution is 2.33. The molecule has 0 amide bonds. The van der Waals surface area contributed by atoms with Gasteiger partial charge in [0.05, 0.1) is 13.2 Å². The summed E-state index contributed by atoms with van der Waals surface area (Å²) in [5, 5.41) is 0. The zero-order valence-corrected chi connectivity index (χ0v) is 12.3. The maximum Gasteiger partial charge on any atom is 0.170 e. The molecule has 0 radical (unpaired) electrons. The second-order valence-corrected chi connectivity index (χ2v) is 6.10. The van der Waals surface area contributed by atoms with Gasteiger partial charge < -0.3 is 9.47 Å². The molecule has 0 aromatic carbocycles. The van der Waals surface area contributed by atoms with Crippen LogP contribution in [0.4, 0.5) is 0 Å². The Bertz CT molecular complexity index is 239. The minimum atomic E-state index is -0.219. The number of hydrogen-bond donors (Lipinski definition) is 0. The van der Waals surface area contributed by atoms with Gasteiger partial charge in [-0.05, 0) is 12.3 Å². The van der Waals surface area contributed by atoms with E-state index in [1.54, 1.807) is 0 Å². The van der Waals surface area contributed by atoms with Gasteiger partial charge in [-0.25, -0.2) is 0 Å². The van der Waals surface area contributed by atoms with Gasteiger partial charge in [0, 0.05) is 32.0 Å². The Morgan fingerprint density at radius 3 is 2.22 bits per heavy atom. The summed E-state index contributed by atoms with van der Waals surface area (Å²) >= 11 is 0. The summed E-state index contributed by atoms with van der Waals surface area (Å²) in [6.07, 6.45) is 6.07. The minimum Gasteiger partial charge on any atom is -0.347 e. The van der Waals surface area contributed by atoms with Gasteiger partial charge in [0.2, 0.25) is 0 Å². The summed E-state index contributed by atoms with van der Waals surface area (Å²) in [7, 11) is 0. The van der Waals surface area contributed by atoms with Gasteiger partial charge in [0.15, 0.2) is 5.79 Å². The molecule has 3 heteroatoms. The maximum absolute atomic E-state index is 5.80. The topological polar surface area (TPSA) is 21.7 Å². The van der Waals surface area contributed by atoms with Crippen molar-refractivity contribution < 1.29 is 9.47 Å². The van der Waals surface area contributed by atoms with E-state index in [-0.39, 0.29) is 5.79 Å². The molecule has 1 atom stereocenters. The lowest BCUT2D eigenvalue weighted by Crippen LogP contribution is -2.50. The Balaban J connectivity index is 1.86. The molecule has 0 aromatic heterocycles. The van der Waals surface area contributed by atoms with E-state index in [4.69, 9.17) is 9.47 Å². The Morgan fingerprint density at radius 2 is 1.72 bits per heavy atom.